The summed E-state index contributed by atoms with van der Waals surface area (Å²) in [6.45, 7) is 2.27. The molecule has 2 rings (SSSR count). The second-order valence-corrected chi connectivity index (χ2v) is 8.66. The molecule has 0 fully saturated rings. The highest BCUT2D eigenvalue weighted by Gasteiger charge is 2.14. The Morgan fingerprint density at radius 3 is 2.17 bits per heavy atom. The third-order valence-corrected chi connectivity index (χ3v) is 6.55. The van der Waals surface area contributed by atoms with Crippen LogP contribution >= 0.6 is 0 Å². The molecule has 1 atom stereocenters. The van der Waals surface area contributed by atoms with E-state index in [1.807, 2.05) is 0 Å². The van der Waals surface area contributed by atoms with Gasteiger partial charge >= 0.3 is 0 Å². The Bertz CT molecular complexity index is 533. The fourth-order valence-electron chi connectivity index (χ4n) is 3.44. The normalized spacial score (nSPS) is 15.0. The van der Waals surface area contributed by atoms with Crippen LogP contribution in [0.15, 0.2) is 29.2 Å². The molecule has 0 aliphatic heterocycles. The summed E-state index contributed by atoms with van der Waals surface area (Å²) in [5, 5.41) is 0. The number of benzene rings is 1. The van der Waals surface area contributed by atoms with Gasteiger partial charge in [-0.1, -0.05) is 89.0 Å². The van der Waals surface area contributed by atoms with Gasteiger partial charge in [0, 0.05) is 21.5 Å². The number of hydrogen-bond donors (Lipinski definition) is 0. The summed E-state index contributed by atoms with van der Waals surface area (Å²) < 4.78 is 12.5. The Morgan fingerprint density at radius 2 is 1.46 bits per heavy atom. The van der Waals surface area contributed by atoms with E-state index in [0.29, 0.717) is 0 Å². The van der Waals surface area contributed by atoms with Crippen LogP contribution in [-0.4, -0.2) is 9.96 Å². The molecule has 134 valence electrons. The van der Waals surface area contributed by atoms with E-state index in [0.717, 1.165) is 29.9 Å². The number of unbranched alkanes of at least 4 members (excludes halogenated alkanes) is 9. The van der Waals surface area contributed by atoms with Crippen molar-refractivity contribution in [3.8, 4) is 0 Å². The zero-order valence-corrected chi connectivity index (χ0v) is 16.2. The third kappa shape index (κ3) is 6.93. The van der Waals surface area contributed by atoms with Crippen molar-refractivity contribution in [3.63, 3.8) is 0 Å². The zero-order chi connectivity index (χ0) is 17.0. The van der Waals surface area contributed by atoms with Gasteiger partial charge in [0.2, 0.25) is 0 Å². The van der Waals surface area contributed by atoms with Crippen molar-refractivity contribution in [2.45, 2.75) is 84.0 Å². The molecule has 1 unspecified atom stereocenters. The largest absolute Gasteiger partial charge is 0.255 e. The molecule has 0 saturated carbocycles. The van der Waals surface area contributed by atoms with Gasteiger partial charge < -0.3 is 0 Å². The molecule has 1 aliphatic rings. The van der Waals surface area contributed by atoms with Crippen LogP contribution in [0.3, 0.4) is 0 Å². The summed E-state index contributed by atoms with van der Waals surface area (Å²) in [4.78, 5) is 1.16. The third-order valence-electron chi connectivity index (χ3n) is 4.99. The maximum absolute atomic E-state index is 12.5. The average Bonchev–Trinajstić information content (AvgIpc) is 2.62. The van der Waals surface area contributed by atoms with Crippen molar-refractivity contribution in [2.24, 2.45) is 0 Å². The number of hydrogen-bond acceptors (Lipinski definition) is 1. The fourth-order valence-corrected chi connectivity index (χ4v) is 4.75. The predicted molar refractivity (Wildman–Crippen MR) is 108 cm³/mol. The molecule has 0 bridgehead atoms. The van der Waals surface area contributed by atoms with Crippen LogP contribution in [0.4, 0.5) is 0 Å². The van der Waals surface area contributed by atoms with Crippen molar-refractivity contribution >= 4 is 16.9 Å². The molecule has 1 aromatic rings. The average molecular weight is 347 g/mol. The lowest BCUT2D eigenvalue weighted by Gasteiger charge is -2.15. The fraction of sp³-hybridized carbons (Fsp3) is 0.636. The van der Waals surface area contributed by atoms with Crippen molar-refractivity contribution in [3.05, 3.63) is 40.3 Å². The monoisotopic (exact) mass is 346 g/mol. The minimum absolute atomic E-state index is 0.765. The zero-order valence-electron chi connectivity index (χ0n) is 15.4. The molecule has 0 amide bonds. The standard InChI is InChI=1S/C22H34OS/c1-2-3-4-5-6-7-8-9-10-13-18-24(23)22-17-16-20-14-11-12-15-21(20)19-22/h11-12,14-15,19H,2-10,13,16-18H2,1H3. The van der Waals surface area contributed by atoms with Gasteiger partial charge in [-0.3, -0.25) is 4.21 Å². The summed E-state index contributed by atoms with van der Waals surface area (Å²) >= 11 is 0. The Labute approximate surface area is 151 Å². The number of aryl methyl sites for hydroxylation is 1. The van der Waals surface area contributed by atoms with Gasteiger partial charge in [0.1, 0.15) is 0 Å². The summed E-state index contributed by atoms with van der Waals surface area (Å²) in [6, 6.07) is 8.50. The minimum Gasteiger partial charge on any atom is -0.255 e. The van der Waals surface area contributed by atoms with E-state index in [4.69, 9.17) is 0 Å². The first-order chi connectivity index (χ1) is 11.8. The topological polar surface area (TPSA) is 17.1 Å². The van der Waals surface area contributed by atoms with Crippen LogP contribution in [0.1, 0.15) is 88.7 Å². The molecule has 0 spiro atoms. The molecule has 2 heteroatoms. The Hall–Kier alpha value is -0.890. The summed E-state index contributed by atoms with van der Waals surface area (Å²) in [6.07, 6.45) is 17.5. The van der Waals surface area contributed by atoms with E-state index in [-0.39, 0.29) is 0 Å². The summed E-state index contributed by atoms with van der Waals surface area (Å²) in [7, 11) is -0.765. The van der Waals surface area contributed by atoms with E-state index in [9.17, 15) is 4.21 Å². The molecule has 1 nitrogen and oxygen atoms in total. The van der Waals surface area contributed by atoms with Crippen LogP contribution < -0.4 is 0 Å². The quantitative estimate of drug-likeness (QED) is 0.387. The molecular formula is C22H34OS. The lowest BCUT2D eigenvalue weighted by atomic mass is 9.98. The molecule has 0 N–H and O–H groups in total. The Balaban J connectivity index is 1.55. The highest BCUT2D eigenvalue weighted by molar-refractivity contribution is 7.89. The van der Waals surface area contributed by atoms with E-state index >= 15 is 0 Å². The van der Waals surface area contributed by atoms with E-state index < -0.39 is 10.8 Å². The van der Waals surface area contributed by atoms with Gasteiger partial charge in [-0.15, -0.1) is 0 Å². The number of rotatable bonds is 12. The number of fused-ring (bicyclic) bond motifs is 1. The van der Waals surface area contributed by atoms with Crippen molar-refractivity contribution in [1.29, 1.82) is 0 Å². The van der Waals surface area contributed by atoms with Crippen LogP contribution in [0.5, 0.6) is 0 Å². The van der Waals surface area contributed by atoms with Crippen LogP contribution in [0.2, 0.25) is 0 Å². The Morgan fingerprint density at radius 1 is 0.833 bits per heavy atom. The molecule has 1 aliphatic carbocycles. The van der Waals surface area contributed by atoms with Crippen LogP contribution in [0.25, 0.3) is 6.08 Å². The highest BCUT2D eigenvalue weighted by Crippen LogP contribution is 2.26. The molecule has 1 aromatic carbocycles. The van der Waals surface area contributed by atoms with Crippen molar-refractivity contribution in [2.75, 3.05) is 5.75 Å². The maximum Gasteiger partial charge on any atom is 0.0488 e. The van der Waals surface area contributed by atoms with Crippen LogP contribution in [0, 0.1) is 0 Å². The van der Waals surface area contributed by atoms with Gasteiger partial charge in [-0.2, -0.15) is 0 Å². The maximum atomic E-state index is 12.5. The van der Waals surface area contributed by atoms with E-state index in [1.165, 1.54) is 68.9 Å². The summed E-state index contributed by atoms with van der Waals surface area (Å²) in [5.41, 5.74) is 2.67. The first kappa shape index (κ1) is 19.4. The molecule has 0 radical (unpaired) electrons. The van der Waals surface area contributed by atoms with Gasteiger partial charge in [0.05, 0.1) is 0 Å². The molecular weight excluding hydrogens is 312 g/mol. The van der Waals surface area contributed by atoms with E-state index in [2.05, 4.69) is 37.3 Å². The molecule has 0 heterocycles. The van der Waals surface area contributed by atoms with Crippen molar-refractivity contribution in [1.82, 2.24) is 0 Å². The van der Waals surface area contributed by atoms with Gasteiger partial charge in [-0.25, -0.2) is 0 Å². The van der Waals surface area contributed by atoms with Gasteiger partial charge in [-0.05, 0) is 36.5 Å². The first-order valence-corrected chi connectivity index (χ1v) is 11.3. The lowest BCUT2D eigenvalue weighted by Crippen LogP contribution is -2.06. The minimum atomic E-state index is -0.765. The lowest BCUT2D eigenvalue weighted by molar-refractivity contribution is 0.562. The van der Waals surface area contributed by atoms with Crippen molar-refractivity contribution < 1.29 is 4.21 Å². The predicted octanol–water partition coefficient (Wildman–Crippen LogP) is 6.64. The SMILES string of the molecule is CCCCCCCCCCCCS(=O)C1=Cc2ccccc2CC1. The van der Waals surface area contributed by atoms with Gasteiger partial charge in [0.25, 0.3) is 0 Å². The molecule has 0 aromatic heterocycles. The molecule has 24 heavy (non-hydrogen) atoms. The van der Waals surface area contributed by atoms with Gasteiger partial charge in [0.15, 0.2) is 0 Å². The highest BCUT2D eigenvalue weighted by atomic mass is 32.2. The van der Waals surface area contributed by atoms with E-state index in [1.54, 1.807) is 0 Å². The van der Waals surface area contributed by atoms with Crippen LogP contribution in [-0.2, 0) is 17.2 Å². The second-order valence-electron chi connectivity index (χ2n) is 7.04. The Kier molecular flexibility index (Phi) is 9.42. The summed E-state index contributed by atoms with van der Waals surface area (Å²) in [5.74, 6) is 0.852. The number of allylic oxidation sites excluding steroid dienone is 1. The smallest absolute Gasteiger partial charge is 0.0488 e. The first-order valence-electron chi connectivity index (χ1n) is 9.98. The second kappa shape index (κ2) is 11.6. The molecule has 0 saturated heterocycles.